The fourth-order valence-electron chi connectivity index (χ4n) is 1.43. The molecule has 70 valence electrons. The third kappa shape index (κ3) is 1.63. The van der Waals surface area contributed by atoms with Crippen LogP contribution in [0.2, 0.25) is 0 Å². The first kappa shape index (κ1) is 9.56. The van der Waals surface area contributed by atoms with Crippen LogP contribution in [0.1, 0.15) is 0 Å². The van der Waals surface area contributed by atoms with Crippen molar-refractivity contribution in [3.8, 4) is 5.75 Å². The zero-order chi connectivity index (χ0) is 9.97. The highest BCUT2D eigenvalue weighted by molar-refractivity contribution is 9.10. The van der Waals surface area contributed by atoms with Gasteiger partial charge in [0.15, 0.2) is 0 Å². The molecule has 0 aliphatic rings. The quantitative estimate of drug-likeness (QED) is 0.829. The van der Waals surface area contributed by atoms with E-state index >= 15 is 0 Å². The molecule has 0 aliphatic heterocycles. The van der Waals surface area contributed by atoms with Crippen LogP contribution in [-0.2, 0) is 0 Å². The third-order valence-electron chi connectivity index (χ3n) is 2.05. The molecule has 0 aliphatic carbocycles. The molecule has 2 aromatic carbocycles. The zero-order valence-corrected chi connectivity index (χ0v) is 8.99. The van der Waals surface area contributed by atoms with E-state index in [0.717, 1.165) is 15.2 Å². The maximum absolute atomic E-state index is 8.71. The maximum Gasteiger partial charge on any atom is 0.504 e. The molecule has 0 saturated heterocycles. The summed E-state index contributed by atoms with van der Waals surface area (Å²) in [7, 11) is -0.300. The van der Waals surface area contributed by atoms with Crippen molar-refractivity contribution in [1.29, 1.82) is 0 Å². The van der Waals surface area contributed by atoms with Gasteiger partial charge in [0.2, 0.25) is 0 Å². The van der Waals surface area contributed by atoms with Crippen molar-refractivity contribution in [2.45, 2.75) is 0 Å². The van der Waals surface area contributed by atoms with Crippen molar-refractivity contribution in [3.63, 3.8) is 0 Å². The lowest BCUT2D eigenvalue weighted by Crippen LogP contribution is -2.00. The minimum atomic E-state index is -0.300. The number of fused-ring (bicyclic) bond motifs is 1. The Hall–Kier alpha value is -0.995. The Bertz CT molecular complexity index is 459. The summed E-state index contributed by atoms with van der Waals surface area (Å²) in [5, 5.41) is 10.8. The van der Waals surface area contributed by atoms with E-state index in [4.69, 9.17) is 9.68 Å². The van der Waals surface area contributed by atoms with Gasteiger partial charge in [-0.15, -0.1) is 0 Å². The zero-order valence-electron chi connectivity index (χ0n) is 7.40. The van der Waals surface area contributed by atoms with E-state index in [1.54, 1.807) is 0 Å². The summed E-state index contributed by atoms with van der Waals surface area (Å²) in [4.78, 5) is 0. The topological polar surface area (TPSA) is 29.5 Å². The van der Waals surface area contributed by atoms with Gasteiger partial charge < -0.3 is 9.68 Å². The minimum absolute atomic E-state index is 0.300. The molecule has 0 aromatic heterocycles. The molecule has 0 heterocycles. The second kappa shape index (κ2) is 4.03. The Morgan fingerprint density at radius 3 is 2.50 bits per heavy atom. The summed E-state index contributed by atoms with van der Waals surface area (Å²) in [6.07, 6.45) is 0. The van der Waals surface area contributed by atoms with Crippen molar-refractivity contribution >= 4 is 34.4 Å². The lowest BCUT2D eigenvalue weighted by Gasteiger charge is -2.07. The summed E-state index contributed by atoms with van der Waals surface area (Å²) in [5.41, 5.74) is 0. The Morgan fingerprint density at radius 2 is 1.79 bits per heavy atom. The summed E-state index contributed by atoms with van der Waals surface area (Å²) in [6.45, 7) is 0. The van der Waals surface area contributed by atoms with Gasteiger partial charge >= 0.3 is 7.69 Å². The van der Waals surface area contributed by atoms with Crippen molar-refractivity contribution in [2.24, 2.45) is 0 Å². The largest absolute Gasteiger partial charge is 0.538 e. The van der Waals surface area contributed by atoms with E-state index in [1.165, 1.54) is 0 Å². The summed E-state index contributed by atoms with van der Waals surface area (Å²) in [6, 6.07) is 11.6. The molecule has 2 nitrogen and oxygen atoms in total. The van der Waals surface area contributed by atoms with Crippen LogP contribution in [0.15, 0.2) is 40.9 Å². The van der Waals surface area contributed by atoms with E-state index < -0.39 is 0 Å². The van der Waals surface area contributed by atoms with Crippen molar-refractivity contribution < 1.29 is 9.68 Å². The monoisotopic (exact) mass is 250 g/mol. The van der Waals surface area contributed by atoms with Crippen molar-refractivity contribution in [3.05, 3.63) is 40.9 Å². The Kier molecular flexibility index (Phi) is 2.75. The fraction of sp³-hybridized carbons (Fsp3) is 0. The van der Waals surface area contributed by atoms with Gasteiger partial charge in [-0.3, -0.25) is 0 Å². The molecule has 14 heavy (non-hydrogen) atoms. The molecule has 4 heteroatoms. The first-order valence-corrected chi connectivity index (χ1v) is 5.03. The van der Waals surface area contributed by atoms with E-state index in [-0.39, 0.29) is 7.69 Å². The van der Waals surface area contributed by atoms with Gasteiger partial charge in [0.1, 0.15) is 5.75 Å². The predicted molar refractivity (Wildman–Crippen MR) is 61.6 cm³/mol. The van der Waals surface area contributed by atoms with Gasteiger partial charge in [-0.05, 0) is 17.5 Å². The normalized spacial score (nSPS) is 10.1. The predicted octanol–water partition coefficient (Wildman–Crippen LogP) is 2.24. The van der Waals surface area contributed by atoms with E-state index in [0.29, 0.717) is 5.75 Å². The third-order valence-corrected chi connectivity index (χ3v) is 2.74. The lowest BCUT2D eigenvalue weighted by molar-refractivity contribution is 0.456. The molecule has 0 atom stereocenters. The number of benzene rings is 2. The highest BCUT2D eigenvalue weighted by Crippen LogP contribution is 2.31. The number of rotatable bonds is 2. The molecular weight excluding hydrogens is 243 g/mol. The van der Waals surface area contributed by atoms with E-state index in [1.807, 2.05) is 36.4 Å². The molecule has 0 fully saturated rings. The van der Waals surface area contributed by atoms with Crippen LogP contribution in [0.5, 0.6) is 5.75 Å². The molecule has 0 radical (unpaired) electrons. The fourth-order valence-corrected chi connectivity index (χ4v) is 1.91. The lowest BCUT2D eigenvalue weighted by atomic mass is 10.1. The summed E-state index contributed by atoms with van der Waals surface area (Å²) in [5.74, 6) is 0.700. The highest BCUT2D eigenvalue weighted by Gasteiger charge is 2.03. The SMILES string of the molecule is OBOc1ccc(Br)c2ccccc12. The van der Waals surface area contributed by atoms with Gasteiger partial charge in [0.05, 0.1) is 0 Å². The number of hydrogen-bond acceptors (Lipinski definition) is 2. The van der Waals surface area contributed by atoms with Crippen LogP contribution in [-0.4, -0.2) is 12.7 Å². The Labute approximate surface area is 90.9 Å². The molecule has 0 amide bonds. The summed E-state index contributed by atoms with van der Waals surface area (Å²) < 4.78 is 6.14. The molecule has 0 bridgehead atoms. The molecule has 2 rings (SSSR count). The average molecular weight is 251 g/mol. The van der Waals surface area contributed by atoms with Crippen molar-refractivity contribution in [1.82, 2.24) is 0 Å². The van der Waals surface area contributed by atoms with Crippen LogP contribution >= 0.6 is 15.9 Å². The van der Waals surface area contributed by atoms with E-state index in [9.17, 15) is 0 Å². The molecular formula is C10H8BBrO2. The molecule has 2 aromatic rings. The Balaban J connectivity index is 2.68. The standard InChI is InChI=1S/C10H8BBrO2/c12-9-5-6-10(14-11-13)8-4-2-1-3-7(8)9/h1-6,11,13H. The van der Waals surface area contributed by atoms with Crippen LogP contribution in [0, 0.1) is 0 Å². The first-order valence-electron chi connectivity index (χ1n) is 4.24. The second-order valence-corrected chi connectivity index (χ2v) is 3.72. The van der Waals surface area contributed by atoms with Crippen molar-refractivity contribution in [2.75, 3.05) is 0 Å². The molecule has 0 spiro atoms. The van der Waals surface area contributed by atoms with Gasteiger partial charge in [-0.1, -0.05) is 40.2 Å². The molecule has 1 N–H and O–H groups in total. The minimum Gasteiger partial charge on any atom is -0.538 e. The average Bonchev–Trinajstić information content (AvgIpc) is 2.23. The van der Waals surface area contributed by atoms with Crippen LogP contribution in [0.3, 0.4) is 0 Å². The maximum atomic E-state index is 8.71. The van der Waals surface area contributed by atoms with Crippen LogP contribution < -0.4 is 4.65 Å². The van der Waals surface area contributed by atoms with Crippen LogP contribution in [0.25, 0.3) is 10.8 Å². The number of hydrogen-bond donors (Lipinski definition) is 1. The van der Waals surface area contributed by atoms with Gasteiger partial charge in [0.25, 0.3) is 0 Å². The smallest absolute Gasteiger partial charge is 0.504 e. The number of halogens is 1. The summed E-state index contributed by atoms with van der Waals surface area (Å²) >= 11 is 3.46. The Morgan fingerprint density at radius 1 is 1.07 bits per heavy atom. The molecule has 0 unspecified atom stereocenters. The van der Waals surface area contributed by atoms with E-state index in [2.05, 4.69) is 15.9 Å². The highest BCUT2D eigenvalue weighted by atomic mass is 79.9. The molecule has 0 saturated carbocycles. The van der Waals surface area contributed by atoms with Gasteiger partial charge in [-0.25, -0.2) is 0 Å². The second-order valence-electron chi connectivity index (χ2n) is 2.86. The first-order chi connectivity index (χ1) is 6.83. The van der Waals surface area contributed by atoms with Gasteiger partial charge in [-0.2, -0.15) is 0 Å². The van der Waals surface area contributed by atoms with Crippen LogP contribution in [0.4, 0.5) is 0 Å². The van der Waals surface area contributed by atoms with Gasteiger partial charge in [0, 0.05) is 9.86 Å².